The van der Waals surface area contributed by atoms with Crippen molar-refractivity contribution in [2.24, 2.45) is 4.99 Å². The number of aliphatic imine (C=N–C) groups is 1. The highest BCUT2D eigenvalue weighted by atomic mass is 15.5. The smallest absolute Gasteiger partial charge is 0.185 e. The van der Waals surface area contributed by atoms with Gasteiger partial charge in [0.15, 0.2) is 5.65 Å². The molecule has 0 amide bonds. The van der Waals surface area contributed by atoms with E-state index < -0.39 is 0 Å². The monoisotopic (exact) mass is 189 g/mol. The Morgan fingerprint density at radius 3 is 3.00 bits per heavy atom. The van der Waals surface area contributed by atoms with Crippen LogP contribution in [0, 0.1) is 6.92 Å². The molecule has 72 valence electrons. The predicted molar refractivity (Wildman–Crippen MR) is 54.5 cm³/mol. The molecule has 0 spiro atoms. The highest BCUT2D eigenvalue weighted by molar-refractivity contribution is 5.88. The summed E-state index contributed by atoms with van der Waals surface area (Å²) in [6, 6.07) is 1.95. The quantitative estimate of drug-likeness (QED) is 0.459. The molecule has 0 aliphatic rings. The van der Waals surface area contributed by atoms with E-state index in [-0.39, 0.29) is 0 Å². The van der Waals surface area contributed by atoms with E-state index in [1.54, 1.807) is 17.9 Å². The average Bonchev–Trinajstić information content (AvgIpc) is 2.59. The average molecular weight is 189 g/mol. The third-order valence-electron chi connectivity index (χ3n) is 2.06. The number of hydrogen-bond acceptors (Lipinski definition) is 4. The Kier molecular flexibility index (Phi) is 1.99. The van der Waals surface area contributed by atoms with Crippen LogP contribution in [-0.2, 0) is 0 Å². The molecular weight excluding hydrogens is 178 g/mol. The van der Waals surface area contributed by atoms with Crippen LogP contribution in [0.15, 0.2) is 17.3 Å². The number of aryl methyl sites for hydroxylation is 1. The van der Waals surface area contributed by atoms with Crippen molar-refractivity contribution >= 4 is 17.0 Å². The van der Waals surface area contributed by atoms with E-state index in [9.17, 15) is 0 Å². The van der Waals surface area contributed by atoms with Crippen molar-refractivity contribution in [2.75, 3.05) is 7.05 Å². The first kappa shape index (κ1) is 8.80. The minimum absolute atomic E-state index is 0.749. The van der Waals surface area contributed by atoms with Crippen LogP contribution in [0.3, 0.4) is 0 Å². The van der Waals surface area contributed by atoms with Crippen LogP contribution in [0.1, 0.15) is 12.5 Å². The van der Waals surface area contributed by atoms with Crippen LogP contribution in [-0.4, -0.2) is 32.9 Å². The van der Waals surface area contributed by atoms with Gasteiger partial charge in [-0.25, -0.2) is 4.98 Å². The highest BCUT2D eigenvalue weighted by Gasteiger charge is 2.06. The lowest BCUT2D eigenvalue weighted by atomic mass is 10.3. The molecule has 0 bridgehead atoms. The molecule has 0 aromatic carbocycles. The lowest BCUT2D eigenvalue weighted by Gasteiger charge is -1.98. The summed E-state index contributed by atoms with van der Waals surface area (Å²) in [4.78, 5) is 8.31. The summed E-state index contributed by atoms with van der Waals surface area (Å²) in [6.45, 7) is 3.85. The highest BCUT2D eigenvalue weighted by Crippen LogP contribution is 2.09. The number of pyridine rings is 1. The van der Waals surface area contributed by atoms with Crippen molar-refractivity contribution in [3.63, 3.8) is 0 Å². The van der Waals surface area contributed by atoms with Gasteiger partial charge in [0.1, 0.15) is 11.4 Å². The molecule has 2 aromatic rings. The number of nitrogens with zero attached hydrogens (tertiary/aromatic N) is 5. The van der Waals surface area contributed by atoms with Gasteiger partial charge in [0, 0.05) is 13.2 Å². The zero-order valence-electron chi connectivity index (χ0n) is 8.39. The van der Waals surface area contributed by atoms with Crippen molar-refractivity contribution in [1.29, 1.82) is 0 Å². The van der Waals surface area contributed by atoms with Gasteiger partial charge in [0.2, 0.25) is 0 Å². The van der Waals surface area contributed by atoms with Gasteiger partial charge in [-0.2, -0.15) is 4.68 Å². The Balaban J connectivity index is 2.70. The Hall–Kier alpha value is -1.78. The summed E-state index contributed by atoms with van der Waals surface area (Å²) in [5, 5.41) is 8.00. The van der Waals surface area contributed by atoms with Crippen LogP contribution in [0.5, 0.6) is 0 Å². The van der Waals surface area contributed by atoms with Crippen LogP contribution in [0.4, 0.5) is 0 Å². The van der Waals surface area contributed by atoms with Crippen molar-refractivity contribution < 1.29 is 0 Å². The Morgan fingerprint density at radius 2 is 2.29 bits per heavy atom. The van der Waals surface area contributed by atoms with E-state index in [4.69, 9.17) is 0 Å². The van der Waals surface area contributed by atoms with Crippen LogP contribution >= 0.6 is 0 Å². The van der Waals surface area contributed by atoms with Crippen LogP contribution in [0.25, 0.3) is 11.2 Å². The van der Waals surface area contributed by atoms with Gasteiger partial charge in [0.25, 0.3) is 0 Å². The molecule has 0 atom stereocenters. The first-order chi connectivity index (χ1) is 6.72. The van der Waals surface area contributed by atoms with Gasteiger partial charge in [-0.1, -0.05) is 5.21 Å². The summed E-state index contributed by atoms with van der Waals surface area (Å²) in [5.41, 5.74) is 2.63. The standard InChI is InChI=1S/C9H11N5/c1-6-4-8-9(11-5-6)14(13-12-8)7(2)10-3/h4-5H,1-3H3. The number of fused-ring (bicyclic) bond motifs is 1. The summed E-state index contributed by atoms with van der Waals surface area (Å²) in [6.07, 6.45) is 1.80. The van der Waals surface area contributed by atoms with E-state index in [1.807, 2.05) is 19.9 Å². The maximum Gasteiger partial charge on any atom is 0.185 e. The fourth-order valence-electron chi connectivity index (χ4n) is 1.23. The van der Waals surface area contributed by atoms with Crippen molar-refractivity contribution in [3.8, 4) is 0 Å². The summed E-state index contributed by atoms with van der Waals surface area (Å²) in [5.74, 6) is 0.781. The van der Waals surface area contributed by atoms with E-state index >= 15 is 0 Å². The Morgan fingerprint density at radius 1 is 1.50 bits per heavy atom. The molecule has 0 saturated heterocycles. The third kappa shape index (κ3) is 1.26. The second-order valence-electron chi connectivity index (χ2n) is 3.13. The number of aromatic nitrogens is 4. The maximum atomic E-state index is 4.27. The first-order valence-electron chi connectivity index (χ1n) is 4.34. The molecule has 0 N–H and O–H groups in total. The lowest BCUT2D eigenvalue weighted by molar-refractivity contribution is 0.849. The molecule has 14 heavy (non-hydrogen) atoms. The van der Waals surface area contributed by atoms with Crippen molar-refractivity contribution in [3.05, 3.63) is 17.8 Å². The minimum Gasteiger partial charge on any atom is -0.274 e. The number of hydrogen-bond donors (Lipinski definition) is 0. The van der Waals surface area contributed by atoms with Crippen molar-refractivity contribution in [2.45, 2.75) is 13.8 Å². The van der Waals surface area contributed by atoms with Crippen molar-refractivity contribution in [1.82, 2.24) is 20.0 Å². The molecule has 2 rings (SSSR count). The SMILES string of the molecule is CN=C(C)n1nnc2cc(C)cnc21. The predicted octanol–water partition coefficient (Wildman–Crippen LogP) is 1.03. The maximum absolute atomic E-state index is 4.27. The van der Waals surface area contributed by atoms with E-state index in [1.165, 1.54) is 0 Å². The number of rotatable bonds is 0. The molecule has 5 nitrogen and oxygen atoms in total. The Labute approximate surface area is 81.5 Å². The molecule has 2 heterocycles. The normalized spacial score (nSPS) is 12.4. The lowest BCUT2D eigenvalue weighted by Crippen LogP contribution is -2.09. The minimum atomic E-state index is 0.749. The van der Waals surface area contributed by atoms with E-state index in [0.29, 0.717) is 0 Å². The fraction of sp³-hybridized carbons (Fsp3) is 0.333. The molecule has 0 radical (unpaired) electrons. The second kappa shape index (κ2) is 3.17. The van der Waals surface area contributed by atoms with Crippen LogP contribution < -0.4 is 0 Å². The van der Waals surface area contributed by atoms with Gasteiger partial charge >= 0.3 is 0 Å². The molecule has 0 saturated carbocycles. The summed E-state index contributed by atoms with van der Waals surface area (Å²) < 4.78 is 1.63. The molecular formula is C9H11N5. The topological polar surface area (TPSA) is 56.0 Å². The van der Waals surface area contributed by atoms with Crippen LogP contribution in [0.2, 0.25) is 0 Å². The zero-order valence-corrected chi connectivity index (χ0v) is 8.39. The van der Waals surface area contributed by atoms with Gasteiger partial charge in [-0.3, -0.25) is 4.99 Å². The molecule has 2 aromatic heterocycles. The zero-order chi connectivity index (χ0) is 10.1. The molecule has 0 unspecified atom stereocenters. The van der Waals surface area contributed by atoms with Gasteiger partial charge in [0.05, 0.1) is 0 Å². The summed E-state index contributed by atoms with van der Waals surface area (Å²) >= 11 is 0. The largest absolute Gasteiger partial charge is 0.274 e. The van der Waals surface area contributed by atoms with Gasteiger partial charge in [-0.15, -0.1) is 5.10 Å². The molecule has 0 fully saturated rings. The second-order valence-corrected chi connectivity index (χ2v) is 3.13. The summed E-state index contributed by atoms with van der Waals surface area (Å²) in [7, 11) is 1.72. The first-order valence-corrected chi connectivity index (χ1v) is 4.34. The molecule has 0 aliphatic carbocycles. The van der Waals surface area contributed by atoms with E-state index in [2.05, 4.69) is 20.3 Å². The van der Waals surface area contributed by atoms with E-state index in [0.717, 1.165) is 22.6 Å². The molecule has 5 heteroatoms. The Bertz CT molecular complexity index is 497. The third-order valence-corrected chi connectivity index (χ3v) is 2.06. The van der Waals surface area contributed by atoms with Gasteiger partial charge < -0.3 is 0 Å². The fourth-order valence-corrected chi connectivity index (χ4v) is 1.23. The van der Waals surface area contributed by atoms with Gasteiger partial charge in [-0.05, 0) is 25.5 Å². The molecule has 0 aliphatic heterocycles.